The highest BCUT2D eigenvalue weighted by molar-refractivity contribution is 5.79. The monoisotopic (exact) mass is 312 g/mol. The molecular weight excluding hydrogens is 292 g/mol. The van der Waals surface area contributed by atoms with Crippen LogP contribution >= 0.6 is 0 Å². The zero-order valence-corrected chi connectivity index (χ0v) is 13.0. The molecule has 2 aromatic heterocycles. The fraction of sp³-hybridized carbons (Fsp3) is 0.471. The normalized spacial score (nSPS) is 21.0. The molecule has 1 atom stereocenters. The molecule has 0 unspecified atom stereocenters. The number of rotatable bonds is 2. The molecule has 23 heavy (non-hydrogen) atoms. The second-order valence-electron chi connectivity index (χ2n) is 6.09. The van der Waals surface area contributed by atoms with Gasteiger partial charge in [0, 0.05) is 50.6 Å². The average Bonchev–Trinajstić information content (AvgIpc) is 3.21. The Kier molecular flexibility index (Phi) is 3.83. The van der Waals surface area contributed by atoms with E-state index in [2.05, 4.69) is 14.5 Å². The van der Waals surface area contributed by atoms with Crippen molar-refractivity contribution in [2.24, 2.45) is 5.92 Å². The van der Waals surface area contributed by atoms with Crippen molar-refractivity contribution in [1.82, 2.24) is 19.4 Å². The Morgan fingerprint density at radius 2 is 2.22 bits per heavy atom. The quantitative estimate of drug-likeness (QED) is 0.840. The molecular formula is C17H20N4O2. The van der Waals surface area contributed by atoms with Crippen molar-refractivity contribution < 1.29 is 9.53 Å². The van der Waals surface area contributed by atoms with Crippen molar-refractivity contribution in [1.29, 1.82) is 0 Å². The highest BCUT2D eigenvalue weighted by Crippen LogP contribution is 2.23. The number of ether oxygens (including phenoxy) is 1. The maximum absolute atomic E-state index is 12.6. The smallest absolute Gasteiger partial charge is 0.228 e. The highest BCUT2D eigenvalue weighted by atomic mass is 16.5. The summed E-state index contributed by atoms with van der Waals surface area (Å²) in [4.78, 5) is 23.3. The third kappa shape index (κ3) is 2.74. The van der Waals surface area contributed by atoms with Crippen LogP contribution in [-0.2, 0) is 22.5 Å². The lowest BCUT2D eigenvalue weighted by molar-refractivity contribution is -0.135. The Morgan fingerprint density at radius 1 is 1.26 bits per heavy atom. The number of imidazole rings is 1. The molecule has 0 radical (unpaired) electrons. The van der Waals surface area contributed by atoms with Gasteiger partial charge in [-0.2, -0.15) is 0 Å². The van der Waals surface area contributed by atoms with Crippen LogP contribution in [0.4, 0.5) is 0 Å². The lowest BCUT2D eigenvalue weighted by atomic mass is 10.1. The molecule has 0 saturated carbocycles. The van der Waals surface area contributed by atoms with E-state index in [1.165, 1.54) is 0 Å². The molecule has 2 aromatic rings. The number of amides is 1. The first-order valence-corrected chi connectivity index (χ1v) is 8.14. The van der Waals surface area contributed by atoms with E-state index < -0.39 is 0 Å². The zero-order chi connectivity index (χ0) is 15.6. The maximum Gasteiger partial charge on any atom is 0.228 e. The summed E-state index contributed by atoms with van der Waals surface area (Å²) >= 11 is 0. The van der Waals surface area contributed by atoms with Gasteiger partial charge in [-0.05, 0) is 18.6 Å². The summed E-state index contributed by atoms with van der Waals surface area (Å²) in [5.41, 5.74) is 2.14. The van der Waals surface area contributed by atoms with Crippen LogP contribution in [0.2, 0.25) is 0 Å². The van der Waals surface area contributed by atoms with Crippen LogP contribution < -0.4 is 0 Å². The molecule has 2 aliphatic rings. The maximum atomic E-state index is 12.6. The summed E-state index contributed by atoms with van der Waals surface area (Å²) < 4.78 is 7.57. The van der Waals surface area contributed by atoms with Crippen LogP contribution in [0.15, 0.2) is 30.7 Å². The fourth-order valence-electron chi connectivity index (χ4n) is 3.38. The minimum Gasteiger partial charge on any atom is -0.381 e. The Balaban J connectivity index is 1.53. The molecule has 6 heteroatoms. The fourth-order valence-corrected chi connectivity index (χ4v) is 3.38. The number of fused-ring (bicyclic) bond motifs is 1. The molecule has 2 aliphatic heterocycles. The van der Waals surface area contributed by atoms with Gasteiger partial charge in [0.25, 0.3) is 0 Å². The first kappa shape index (κ1) is 14.4. The molecule has 1 saturated heterocycles. The van der Waals surface area contributed by atoms with Crippen LogP contribution in [0.1, 0.15) is 12.2 Å². The largest absolute Gasteiger partial charge is 0.381 e. The Labute approximate surface area is 135 Å². The lowest BCUT2D eigenvalue weighted by Gasteiger charge is -2.23. The van der Waals surface area contributed by atoms with Gasteiger partial charge in [0.1, 0.15) is 5.82 Å². The molecule has 1 fully saturated rings. The Bertz CT molecular complexity index is 692. The topological polar surface area (TPSA) is 60.2 Å². The van der Waals surface area contributed by atoms with Gasteiger partial charge in [0.2, 0.25) is 5.91 Å². The van der Waals surface area contributed by atoms with Gasteiger partial charge < -0.3 is 14.2 Å². The van der Waals surface area contributed by atoms with Crippen molar-refractivity contribution in [3.63, 3.8) is 0 Å². The van der Waals surface area contributed by atoms with Crippen LogP contribution in [0.5, 0.6) is 0 Å². The number of carbonyl (C=O) groups is 1. The Morgan fingerprint density at radius 3 is 3.00 bits per heavy atom. The summed E-state index contributed by atoms with van der Waals surface area (Å²) in [5, 5.41) is 0. The van der Waals surface area contributed by atoms with Crippen molar-refractivity contribution in [3.8, 4) is 11.3 Å². The predicted octanol–water partition coefficient (Wildman–Crippen LogP) is 1.37. The van der Waals surface area contributed by atoms with Crippen molar-refractivity contribution >= 4 is 5.91 Å². The van der Waals surface area contributed by atoms with E-state index in [1.807, 2.05) is 29.4 Å². The molecule has 6 nitrogen and oxygen atoms in total. The molecule has 4 rings (SSSR count). The summed E-state index contributed by atoms with van der Waals surface area (Å²) in [6, 6.07) is 3.98. The Hall–Kier alpha value is -2.21. The van der Waals surface area contributed by atoms with E-state index in [1.54, 1.807) is 6.20 Å². The van der Waals surface area contributed by atoms with Gasteiger partial charge in [0.05, 0.1) is 24.4 Å². The van der Waals surface area contributed by atoms with Crippen LogP contribution in [0.25, 0.3) is 11.3 Å². The minimum atomic E-state index is 0.0400. The van der Waals surface area contributed by atoms with Gasteiger partial charge in [-0.25, -0.2) is 4.98 Å². The van der Waals surface area contributed by atoms with E-state index in [4.69, 9.17) is 4.74 Å². The predicted molar refractivity (Wildman–Crippen MR) is 84.7 cm³/mol. The summed E-state index contributed by atoms with van der Waals surface area (Å²) in [6.45, 7) is 3.52. The van der Waals surface area contributed by atoms with Gasteiger partial charge in [-0.1, -0.05) is 0 Å². The van der Waals surface area contributed by atoms with Gasteiger partial charge in [0.15, 0.2) is 0 Å². The molecule has 0 bridgehead atoms. The first-order chi connectivity index (χ1) is 11.3. The van der Waals surface area contributed by atoms with Crippen LogP contribution in [-0.4, -0.2) is 51.6 Å². The standard InChI is InChI=1S/C17H20N4O2/c22-17(14-4-9-23-12-14)20-6-3-16-19-11-15(21(16)8-7-20)13-2-1-5-18-10-13/h1-2,5,10-11,14H,3-4,6-9,12H2/t14-/m0/s1. The SMILES string of the molecule is O=C([C@H]1CCOC1)N1CCc2ncc(-c3cccnc3)n2CC1. The third-order valence-corrected chi connectivity index (χ3v) is 4.68. The van der Waals surface area contributed by atoms with Crippen molar-refractivity contribution in [2.45, 2.75) is 19.4 Å². The van der Waals surface area contributed by atoms with Gasteiger partial charge in [-0.15, -0.1) is 0 Å². The number of carbonyl (C=O) groups excluding carboxylic acids is 1. The first-order valence-electron chi connectivity index (χ1n) is 8.14. The average molecular weight is 312 g/mol. The summed E-state index contributed by atoms with van der Waals surface area (Å²) in [7, 11) is 0. The third-order valence-electron chi connectivity index (χ3n) is 4.68. The molecule has 120 valence electrons. The van der Waals surface area contributed by atoms with E-state index >= 15 is 0 Å². The lowest BCUT2D eigenvalue weighted by Crippen LogP contribution is -2.38. The van der Waals surface area contributed by atoms with Crippen LogP contribution in [0.3, 0.4) is 0 Å². The molecule has 0 N–H and O–H groups in total. The summed E-state index contributed by atoms with van der Waals surface area (Å²) in [6.07, 6.45) is 7.18. The number of hydrogen-bond acceptors (Lipinski definition) is 4. The van der Waals surface area contributed by atoms with Crippen LogP contribution in [0, 0.1) is 5.92 Å². The van der Waals surface area contributed by atoms with E-state index in [0.717, 1.165) is 49.6 Å². The molecule has 1 amide bonds. The molecule has 0 spiro atoms. The second kappa shape index (κ2) is 6.12. The highest BCUT2D eigenvalue weighted by Gasteiger charge is 2.29. The molecule has 0 aliphatic carbocycles. The zero-order valence-electron chi connectivity index (χ0n) is 13.0. The number of pyridine rings is 1. The number of nitrogens with zero attached hydrogens (tertiary/aromatic N) is 4. The molecule has 0 aromatic carbocycles. The van der Waals surface area contributed by atoms with Gasteiger partial charge >= 0.3 is 0 Å². The summed E-state index contributed by atoms with van der Waals surface area (Å²) in [5.74, 6) is 1.32. The van der Waals surface area contributed by atoms with E-state index in [-0.39, 0.29) is 11.8 Å². The van der Waals surface area contributed by atoms with Gasteiger partial charge in [-0.3, -0.25) is 9.78 Å². The van der Waals surface area contributed by atoms with Crippen molar-refractivity contribution in [2.75, 3.05) is 26.3 Å². The second-order valence-corrected chi connectivity index (χ2v) is 6.09. The number of aromatic nitrogens is 3. The van der Waals surface area contributed by atoms with E-state index in [0.29, 0.717) is 13.2 Å². The van der Waals surface area contributed by atoms with Crippen molar-refractivity contribution in [3.05, 3.63) is 36.5 Å². The molecule has 4 heterocycles. The number of hydrogen-bond donors (Lipinski definition) is 0. The minimum absolute atomic E-state index is 0.0400. The van der Waals surface area contributed by atoms with E-state index in [9.17, 15) is 4.79 Å².